The molecule has 0 fully saturated rings. The molecule has 2 rings (SSSR count). The molecule has 2 aromatic carbocycles. The highest BCUT2D eigenvalue weighted by atomic mass is 16.5. The SMILES string of the molecule is COc1ccc(C(Cc2ccc(C)c(C)c2)NN)c(C)c1. The molecule has 0 spiro atoms. The van der Waals surface area contributed by atoms with E-state index in [2.05, 4.69) is 50.5 Å². The number of benzene rings is 2. The van der Waals surface area contributed by atoms with Crippen molar-refractivity contribution in [3.8, 4) is 5.75 Å². The van der Waals surface area contributed by atoms with Gasteiger partial charge in [-0.05, 0) is 67.1 Å². The van der Waals surface area contributed by atoms with Gasteiger partial charge in [0.2, 0.25) is 0 Å². The molecule has 0 bridgehead atoms. The summed E-state index contributed by atoms with van der Waals surface area (Å²) in [4.78, 5) is 0. The van der Waals surface area contributed by atoms with Gasteiger partial charge in [-0.25, -0.2) is 0 Å². The molecule has 0 saturated carbocycles. The third kappa shape index (κ3) is 3.63. The zero-order chi connectivity index (χ0) is 15.4. The molecule has 0 heterocycles. The van der Waals surface area contributed by atoms with E-state index in [0.717, 1.165) is 12.2 Å². The predicted octanol–water partition coefficient (Wildman–Crippen LogP) is 3.37. The highest BCUT2D eigenvalue weighted by molar-refractivity contribution is 5.38. The fourth-order valence-corrected chi connectivity index (χ4v) is 2.59. The van der Waals surface area contributed by atoms with E-state index in [-0.39, 0.29) is 6.04 Å². The number of aryl methyl sites for hydroxylation is 3. The van der Waals surface area contributed by atoms with Gasteiger partial charge in [0.25, 0.3) is 0 Å². The standard InChI is InChI=1S/C18H24N2O/c1-12-5-6-15(9-13(12)2)11-18(20-19)17-8-7-16(21-4)10-14(17)3/h5-10,18,20H,11,19H2,1-4H3. The van der Waals surface area contributed by atoms with E-state index < -0.39 is 0 Å². The molecule has 0 aliphatic heterocycles. The fraction of sp³-hybridized carbons (Fsp3) is 0.333. The van der Waals surface area contributed by atoms with Crippen molar-refractivity contribution in [1.82, 2.24) is 5.43 Å². The van der Waals surface area contributed by atoms with Crippen molar-refractivity contribution in [1.29, 1.82) is 0 Å². The molecule has 1 unspecified atom stereocenters. The Bertz CT molecular complexity index is 623. The van der Waals surface area contributed by atoms with Gasteiger partial charge in [0.05, 0.1) is 13.2 Å². The predicted molar refractivity (Wildman–Crippen MR) is 87.4 cm³/mol. The summed E-state index contributed by atoms with van der Waals surface area (Å²) in [6, 6.07) is 12.8. The largest absolute Gasteiger partial charge is 0.497 e. The van der Waals surface area contributed by atoms with Gasteiger partial charge in [-0.3, -0.25) is 11.3 Å². The number of nitrogens with two attached hydrogens (primary N) is 1. The molecule has 3 N–H and O–H groups in total. The average molecular weight is 284 g/mol. The maximum absolute atomic E-state index is 5.78. The molecule has 2 aromatic rings. The first-order valence-corrected chi connectivity index (χ1v) is 7.22. The lowest BCUT2D eigenvalue weighted by molar-refractivity contribution is 0.414. The fourth-order valence-electron chi connectivity index (χ4n) is 2.59. The molecular weight excluding hydrogens is 260 g/mol. The zero-order valence-electron chi connectivity index (χ0n) is 13.2. The molecule has 0 amide bonds. The van der Waals surface area contributed by atoms with Gasteiger partial charge in [-0.15, -0.1) is 0 Å². The summed E-state index contributed by atoms with van der Waals surface area (Å²) in [5, 5.41) is 0. The molecule has 21 heavy (non-hydrogen) atoms. The van der Waals surface area contributed by atoms with E-state index in [1.54, 1.807) is 7.11 Å². The maximum Gasteiger partial charge on any atom is 0.119 e. The minimum absolute atomic E-state index is 0.0954. The number of methoxy groups -OCH3 is 1. The van der Waals surface area contributed by atoms with Gasteiger partial charge in [0.15, 0.2) is 0 Å². The van der Waals surface area contributed by atoms with Crippen molar-refractivity contribution < 1.29 is 4.74 Å². The van der Waals surface area contributed by atoms with Crippen LogP contribution < -0.4 is 16.0 Å². The molecule has 112 valence electrons. The lowest BCUT2D eigenvalue weighted by Crippen LogP contribution is -2.30. The Labute approximate surface area is 127 Å². The Morgan fingerprint density at radius 3 is 2.33 bits per heavy atom. The van der Waals surface area contributed by atoms with Crippen molar-refractivity contribution in [3.63, 3.8) is 0 Å². The number of hydrogen-bond acceptors (Lipinski definition) is 3. The van der Waals surface area contributed by atoms with E-state index in [0.29, 0.717) is 0 Å². The Morgan fingerprint density at radius 1 is 1.00 bits per heavy atom. The number of rotatable bonds is 5. The molecule has 0 aliphatic carbocycles. The third-order valence-corrected chi connectivity index (χ3v) is 4.06. The highest BCUT2D eigenvalue weighted by Gasteiger charge is 2.14. The van der Waals surface area contributed by atoms with Gasteiger partial charge in [0.1, 0.15) is 5.75 Å². The molecule has 3 heteroatoms. The van der Waals surface area contributed by atoms with Crippen molar-refractivity contribution in [2.75, 3.05) is 7.11 Å². The Morgan fingerprint density at radius 2 is 1.76 bits per heavy atom. The van der Waals surface area contributed by atoms with Crippen LogP contribution in [0.5, 0.6) is 5.75 Å². The Kier molecular flexibility index (Phi) is 4.99. The zero-order valence-corrected chi connectivity index (χ0v) is 13.2. The number of nitrogens with one attached hydrogen (secondary N) is 1. The van der Waals surface area contributed by atoms with Crippen LogP contribution in [0.4, 0.5) is 0 Å². The van der Waals surface area contributed by atoms with Gasteiger partial charge in [-0.1, -0.05) is 24.3 Å². The van der Waals surface area contributed by atoms with Crippen molar-refractivity contribution in [2.45, 2.75) is 33.2 Å². The van der Waals surface area contributed by atoms with Gasteiger partial charge >= 0.3 is 0 Å². The molecule has 0 saturated heterocycles. The van der Waals surface area contributed by atoms with Crippen LogP contribution in [0.15, 0.2) is 36.4 Å². The monoisotopic (exact) mass is 284 g/mol. The lowest BCUT2D eigenvalue weighted by atomic mass is 9.94. The number of hydrazine groups is 1. The first-order valence-electron chi connectivity index (χ1n) is 7.22. The van der Waals surface area contributed by atoms with Crippen molar-refractivity contribution in [3.05, 3.63) is 64.2 Å². The molecule has 1 atom stereocenters. The van der Waals surface area contributed by atoms with Crippen LogP contribution in [0.3, 0.4) is 0 Å². The van der Waals surface area contributed by atoms with Gasteiger partial charge < -0.3 is 4.74 Å². The van der Waals surface area contributed by atoms with Crippen molar-refractivity contribution in [2.24, 2.45) is 5.84 Å². The van der Waals surface area contributed by atoms with Crippen molar-refractivity contribution >= 4 is 0 Å². The van der Waals surface area contributed by atoms with E-state index in [9.17, 15) is 0 Å². The van der Waals surface area contributed by atoms with Crippen LogP contribution in [0.25, 0.3) is 0 Å². The van der Waals surface area contributed by atoms with Gasteiger partial charge in [-0.2, -0.15) is 0 Å². The second-order valence-electron chi connectivity index (χ2n) is 5.56. The third-order valence-electron chi connectivity index (χ3n) is 4.06. The quantitative estimate of drug-likeness (QED) is 0.653. The summed E-state index contributed by atoms with van der Waals surface area (Å²) >= 11 is 0. The minimum Gasteiger partial charge on any atom is -0.497 e. The van der Waals surface area contributed by atoms with Crippen LogP contribution in [-0.2, 0) is 6.42 Å². The average Bonchev–Trinajstić information content (AvgIpc) is 2.48. The molecule has 3 nitrogen and oxygen atoms in total. The topological polar surface area (TPSA) is 47.3 Å². The summed E-state index contributed by atoms with van der Waals surface area (Å²) in [5.74, 6) is 6.65. The molecule has 0 aliphatic rings. The van der Waals surface area contributed by atoms with Gasteiger partial charge in [0, 0.05) is 0 Å². The molecule has 0 aromatic heterocycles. The van der Waals surface area contributed by atoms with E-state index >= 15 is 0 Å². The smallest absolute Gasteiger partial charge is 0.119 e. The summed E-state index contributed by atoms with van der Waals surface area (Å²) < 4.78 is 5.26. The van der Waals surface area contributed by atoms with Crippen LogP contribution in [0, 0.1) is 20.8 Å². The minimum atomic E-state index is 0.0954. The Balaban J connectivity index is 2.25. The Hall–Kier alpha value is -1.84. The van der Waals surface area contributed by atoms with E-state index in [4.69, 9.17) is 10.6 Å². The highest BCUT2D eigenvalue weighted by Crippen LogP contribution is 2.25. The van der Waals surface area contributed by atoms with Crippen LogP contribution in [0.1, 0.15) is 33.9 Å². The molecule has 0 radical (unpaired) electrons. The summed E-state index contributed by atoms with van der Waals surface area (Å²) in [6.07, 6.45) is 0.866. The van der Waals surface area contributed by atoms with Crippen LogP contribution >= 0.6 is 0 Å². The second-order valence-corrected chi connectivity index (χ2v) is 5.56. The maximum atomic E-state index is 5.78. The lowest BCUT2D eigenvalue weighted by Gasteiger charge is -2.20. The first kappa shape index (κ1) is 15.5. The first-order chi connectivity index (χ1) is 10.0. The summed E-state index contributed by atoms with van der Waals surface area (Å²) in [5.41, 5.74) is 9.24. The van der Waals surface area contributed by atoms with E-state index in [1.807, 2.05) is 12.1 Å². The number of hydrogen-bond donors (Lipinski definition) is 2. The normalized spacial score (nSPS) is 12.2. The van der Waals surface area contributed by atoms with Crippen LogP contribution in [-0.4, -0.2) is 7.11 Å². The number of ether oxygens (including phenoxy) is 1. The second kappa shape index (κ2) is 6.74. The molecular formula is C18H24N2O. The van der Waals surface area contributed by atoms with Crippen LogP contribution in [0.2, 0.25) is 0 Å². The van der Waals surface area contributed by atoms with E-state index in [1.165, 1.54) is 27.8 Å². The summed E-state index contributed by atoms with van der Waals surface area (Å²) in [7, 11) is 1.68. The summed E-state index contributed by atoms with van der Waals surface area (Å²) in [6.45, 7) is 6.36.